The average molecular weight is 314 g/mol. The quantitative estimate of drug-likeness (QED) is 0.863. The van der Waals surface area contributed by atoms with Crippen molar-refractivity contribution in [3.8, 4) is 16.9 Å². The van der Waals surface area contributed by atoms with E-state index < -0.39 is 23.5 Å². The Bertz CT molecular complexity index is 723. The second-order valence-electron chi connectivity index (χ2n) is 4.39. The average Bonchev–Trinajstić information content (AvgIpc) is 2.45. The molecule has 116 valence electrons. The third kappa shape index (κ3) is 2.88. The highest BCUT2D eigenvalue weighted by molar-refractivity contribution is 5.89. The largest absolute Gasteiger partial charge is 0.496 e. The summed E-state index contributed by atoms with van der Waals surface area (Å²) in [6.07, 6.45) is -4.83. The third-order valence-electron chi connectivity index (χ3n) is 3.04. The number of hydrogen-bond acceptors (Lipinski definition) is 2. The number of hydrogen-bond donors (Lipinski definition) is 1. The molecule has 0 fully saturated rings. The lowest BCUT2D eigenvalue weighted by Crippen LogP contribution is -2.09. The Balaban J connectivity index is 2.65. The van der Waals surface area contributed by atoms with E-state index >= 15 is 0 Å². The van der Waals surface area contributed by atoms with Crippen molar-refractivity contribution in [2.45, 2.75) is 6.18 Å². The van der Waals surface area contributed by atoms with E-state index in [-0.39, 0.29) is 22.4 Å². The number of carbonyl (C=O) groups is 1. The van der Waals surface area contributed by atoms with Gasteiger partial charge in [0.2, 0.25) is 0 Å². The molecule has 2 aromatic rings. The minimum Gasteiger partial charge on any atom is -0.496 e. The maximum absolute atomic E-state index is 14.1. The Kier molecular flexibility index (Phi) is 4.07. The van der Waals surface area contributed by atoms with Crippen molar-refractivity contribution in [3.05, 3.63) is 53.3 Å². The molecular formula is C15H10F4O3. The summed E-state index contributed by atoms with van der Waals surface area (Å²) in [5.41, 5.74) is -1.79. The highest BCUT2D eigenvalue weighted by Crippen LogP contribution is 2.38. The van der Waals surface area contributed by atoms with Crippen LogP contribution in [-0.2, 0) is 6.18 Å². The minimum absolute atomic E-state index is 0.0295. The van der Waals surface area contributed by atoms with Gasteiger partial charge in [0.05, 0.1) is 18.2 Å². The van der Waals surface area contributed by atoms with Gasteiger partial charge >= 0.3 is 12.1 Å². The van der Waals surface area contributed by atoms with Crippen LogP contribution in [0.1, 0.15) is 15.9 Å². The van der Waals surface area contributed by atoms with Crippen LogP contribution in [0.2, 0.25) is 0 Å². The molecule has 0 atom stereocenters. The van der Waals surface area contributed by atoms with Crippen LogP contribution in [0.15, 0.2) is 36.4 Å². The molecule has 0 bridgehead atoms. The summed E-state index contributed by atoms with van der Waals surface area (Å²) in [5, 5.41) is 8.89. The predicted octanol–water partition coefficient (Wildman–Crippen LogP) is 4.22. The maximum Gasteiger partial charge on any atom is 0.419 e. The van der Waals surface area contributed by atoms with Crippen molar-refractivity contribution < 1.29 is 32.2 Å². The first-order valence-electron chi connectivity index (χ1n) is 6.03. The molecule has 0 amide bonds. The van der Waals surface area contributed by atoms with E-state index in [1.54, 1.807) is 0 Å². The van der Waals surface area contributed by atoms with Gasteiger partial charge in [-0.2, -0.15) is 13.2 Å². The highest BCUT2D eigenvalue weighted by atomic mass is 19.4. The SMILES string of the molecule is COc1cc(C(=O)O)ccc1-c1cccc(C(F)(F)F)c1F. The first kappa shape index (κ1) is 15.8. The summed E-state index contributed by atoms with van der Waals surface area (Å²) >= 11 is 0. The van der Waals surface area contributed by atoms with Gasteiger partial charge in [0.1, 0.15) is 11.6 Å². The summed E-state index contributed by atoms with van der Waals surface area (Å²) in [6, 6.07) is 6.38. The van der Waals surface area contributed by atoms with E-state index in [1.807, 2.05) is 0 Å². The van der Waals surface area contributed by atoms with Crippen molar-refractivity contribution in [1.82, 2.24) is 0 Å². The van der Waals surface area contributed by atoms with Crippen molar-refractivity contribution in [2.75, 3.05) is 7.11 Å². The molecule has 0 aliphatic carbocycles. The molecule has 2 rings (SSSR count). The Morgan fingerprint density at radius 3 is 2.36 bits per heavy atom. The van der Waals surface area contributed by atoms with E-state index in [2.05, 4.69) is 0 Å². The summed E-state index contributed by atoms with van der Waals surface area (Å²) in [4.78, 5) is 10.9. The van der Waals surface area contributed by atoms with Crippen LogP contribution in [0, 0.1) is 5.82 Å². The molecule has 0 radical (unpaired) electrons. The molecule has 2 aromatic carbocycles. The van der Waals surface area contributed by atoms with Crippen molar-refractivity contribution in [3.63, 3.8) is 0 Å². The molecule has 1 N–H and O–H groups in total. The number of methoxy groups -OCH3 is 1. The van der Waals surface area contributed by atoms with Crippen molar-refractivity contribution in [2.24, 2.45) is 0 Å². The van der Waals surface area contributed by atoms with Crippen LogP contribution in [-0.4, -0.2) is 18.2 Å². The van der Waals surface area contributed by atoms with Gasteiger partial charge in [-0.3, -0.25) is 0 Å². The van der Waals surface area contributed by atoms with Gasteiger partial charge in [-0.25, -0.2) is 9.18 Å². The van der Waals surface area contributed by atoms with Crippen molar-refractivity contribution in [1.29, 1.82) is 0 Å². The Hall–Kier alpha value is -2.57. The molecule has 0 saturated heterocycles. The number of carboxylic acid groups (broad SMARTS) is 1. The molecular weight excluding hydrogens is 304 g/mol. The zero-order valence-electron chi connectivity index (χ0n) is 11.2. The minimum atomic E-state index is -4.83. The van der Waals surface area contributed by atoms with Gasteiger partial charge < -0.3 is 9.84 Å². The van der Waals surface area contributed by atoms with Crippen LogP contribution in [0.25, 0.3) is 11.1 Å². The van der Waals surface area contributed by atoms with Gasteiger partial charge in [0.15, 0.2) is 0 Å². The molecule has 0 aliphatic heterocycles. The van der Waals surface area contributed by atoms with E-state index in [9.17, 15) is 22.4 Å². The second-order valence-corrected chi connectivity index (χ2v) is 4.39. The van der Waals surface area contributed by atoms with Crippen LogP contribution in [0.4, 0.5) is 17.6 Å². The number of alkyl halides is 3. The van der Waals surface area contributed by atoms with E-state index in [1.165, 1.54) is 25.3 Å². The third-order valence-corrected chi connectivity index (χ3v) is 3.04. The van der Waals surface area contributed by atoms with Gasteiger partial charge in [-0.05, 0) is 24.3 Å². The fourth-order valence-corrected chi connectivity index (χ4v) is 2.01. The van der Waals surface area contributed by atoms with Gasteiger partial charge in [-0.15, -0.1) is 0 Å². The molecule has 0 saturated carbocycles. The number of ether oxygens (including phenoxy) is 1. The lowest BCUT2D eigenvalue weighted by atomic mass is 9.99. The molecule has 0 aromatic heterocycles. The number of benzene rings is 2. The second kappa shape index (κ2) is 5.67. The summed E-state index contributed by atoms with van der Waals surface area (Å²) in [5.74, 6) is -2.69. The van der Waals surface area contributed by atoms with E-state index in [0.29, 0.717) is 6.07 Å². The number of halogens is 4. The first-order valence-corrected chi connectivity index (χ1v) is 6.03. The molecule has 0 spiro atoms. The molecule has 22 heavy (non-hydrogen) atoms. The standard InChI is InChI=1S/C15H10F4O3/c1-22-12-7-8(14(20)21)5-6-9(12)10-3-2-4-11(13(10)16)15(17,18)19/h2-7H,1H3,(H,20,21). The Morgan fingerprint density at radius 1 is 1.14 bits per heavy atom. The number of rotatable bonds is 3. The molecule has 7 heteroatoms. The predicted molar refractivity (Wildman–Crippen MR) is 70.3 cm³/mol. The van der Waals surface area contributed by atoms with Gasteiger partial charge in [-0.1, -0.05) is 12.1 Å². The van der Waals surface area contributed by atoms with Gasteiger partial charge in [0.25, 0.3) is 0 Å². The monoisotopic (exact) mass is 314 g/mol. The van der Waals surface area contributed by atoms with E-state index in [0.717, 1.165) is 12.1 Å². The fraction of sp³-hybridized carbons (Fsp3) is 0.133. The van der Waals surface area contributed by atoms with E-state index in [4.69, 9.17) is 9.84 Å². The maximum atomic E-state index is 14.1. The smallest absolute Gasteiger partial charge is 0.419 e. The zero-order chi connectivity index (χ0) is 16.5. The highest BCUT2D eigenvalue weighted by Gasteiger charge is 2.35. The van der Waals surface area contributed by atoms with Crippen LogP contribution < -0.4 is 4.74 Å². The molecule has 0 unspecified atom stereocenters. The summed E-state index contributed by atoms with van der Waals surface area (Å²) in [7, 11) is 1.22. The Morgan fingerprint density at radius 2 is 1.82 bits per heavy atom. The lowest BCUT2D eigenvalue weighted by Gasteiger charge is -2.14. The number of carboxylic acids is 1. The zero-order valence-corrected chi connectivity index (χ0v) is 11.2. The van der Waals surface area contributed by atoms with Crippen LogP contribution >= 0.6 is 0 Å². The summed E-state index contributed by atoms with van der Waals surface area (Å²) in [6.45, 7) is 0. The topological polar surface area (TPSA) is 46.5 Å². The van der Waals surface area contributed by atoms with Crippen LogP contribution in [0.3, 0.4) is 0 Å². The normalized spacial score (nSPS) is 11.3. The lowest BCUT2D eigenvalue weighted by molar-refractivity contribution is -0.139. The van der Waals surface area contributed by atoms with Gasteiger partial charge in [0, 0.05) is 11.1 Å². The molecule has 3 nitrogen and oxygen atoms in total. The number of aromatic carboxylic acids is 1. The fourth-order valence-electron chi connectivity index (χ4n) is 2.01. The van der Waals surface area contributed by atoms with Crippen molar-refractivity contribution >= 4 is 5.97 Å². The Labute approximate surface area is 122 Å². The first-order chi connectivity index (χ1) is 10.3. The van der Waals surface area contributed by atoms with Crippen LogP contribution in [0.5, 0.6) is 5.75 Å². The molecule has 0 aliphatic rings. The summed E-state index contributed by atoms with van der Waals surface area (Å²) < 4.78 is 57.3. The molecule has 0 heterocycles.